The van der Waals surface area contributed by atoms with Crippen molar-refractivity contribution in [2.75, 3.05) is 20.2 Å². The highest BCUT2D eigenvalue weighted by Crippen LogP contribution is 2.48. The Hall–Kier alpha value is -1.55. The first-order chi connectivity index (χ1) is 12.2. The Morgan fingerprint density at radius 2 is 1.80 bits per heavy atom. The van der Waals surface area contributed by atoms with Gasteiger partial charge < -0.3 is 15.4 Å². The maximum Gasteiger partial charge on any atom is 0.227 e. The molecule has 4 atom stereocenters. The normalized spacial score (nSPS) is 32.2. The quantitative estimate of drug-likeness (QED) is 0.915. The van der Waals surface area contributed by atoms with Gasteiger partial charge in [-0.05, 0) is 74.0 Å². The highest BCUT2D eigenvalue weighted by Gasteiger charge is 2.50. The average molecular weight is 342 g/mol. The Bertz CT molecular complexity index is 605. The zero-order valence-corrected chi connectivity index (χ0v) is 15.2. The van der Waals surface area contributed by atoms with E-state index in [1.165, 1.54) is 24.8 Å². The first kappa shape index (κ1) is 16.9. The van der Waals surface area contributed by atoms with Crippen LogP contribution in [0.25, 0.3) is 0 Å². The van der Waals surface area contributed by atoms with Gasteiger partial charge in [-0.25, -0.2) is 0 Å². The molecule has 1 aromatic carbocycles. The Morgan fingerprint density at radius 1 is 1.12 bits per heavy atom. The molecule has 4 rings (SSSR count). The number of likely N-dealkylation sites (tertiary alicyclic amines) is 1. The molecule has 2 bridgehead atoms. The van der Waals surface area contributed by atoms with Gasteiger partial charge in [0, 0.05) is 19.1 Å². The molecule has 3 fully saturated rings. The number of fused-ring (bicyclic) bond motifs is 2. The molecular weight excluding hydrogens is 312 g/mol. The van der Waals surface area contributed by atoms with Crippen molar-refractivity contribution in [2.45, 2.75) is 44.6 Å². The van der Waals surface area contributed by atoms with E-state index in [0.717, 1.165) is 38.1 Å². The molecule has 4 heteroatoms. The molecule has 1 amide bonds. The smallest absolute Gasteiger partial charge is 0.227 e. The van der Waals surface area contributed by atoms with E-state index in [9.17, 15) is 4.79 Å². The van der Waals surface area contributed by atoms with Gasteiger partial charge in [0.1, 0.15) is 5.75 Å². The minimum Gasteiger partial charge on any atom is -0.497 e. The third-order valence-electron chi connectivity index (χ3n) is 6.88. The van der Waals surface area contributed by atoms with E-state index in [0.29, 0.717) is 23.7 Å². The predicted molar refractivity (Wildman–Crippen MR) is 98.3 cm³/mol. The second-order valence-electron chi connectivity index (χ2n) is 8.26. The van der Waals surface area contributed by atoms with Crippen LogP contribution in [-0.4, -0.2) is 37.0 Å². The van der Waals surface area contributed by atoms with Crippen molar-refractivity contribution < 1.29 is 9.53 Å². The number of ether oxygens (including phenoxy) is 1. The van der Waals surface area contributed by atoms with Crippen LogP contribution in [-0.2, 0) is 11.2 Å². The molecule has 2 N–H and O–H groups in total. The summed E-state index contributed by atoms with van der Waals surface area (Å²) in [6.07, 6.45) is 6.94. The number of nitrogens with two attached hydrogens (primary N) is 1. The summed E-state index contributed by atoms with van der Waals surface area (Å²) in [6, 6.07) is 8.49. The minimum absolute atomic E-state index is 0.108. The maximum absolute atomic E-state index is 13.0. The van der Waals surface area contributed by atoms with Gasteiger partial charge in [0.25, 0.3) is 0 Å². The van der Waals surface area contributed by atoms with E-state index in [4.69, 9.17) is 10.5 Å². The standard InChI is InChI=1S/C21H30N2O2/c1-25-18-6-2-14(3-7-18)12-15-8-10-23(11-9-15)21(24)19-16-4-5-17(13-16)20(19)22/h2-3,6-7,15-17,19-20H,4-5,8-13,22H2,1H3. The first-order valence-electron chi connectivity index (χ1n) is 9.83. The van der Waals surface area contributed by atoms with Gasteiger partial charge in [0.15, 0.2) is 0 Å². The number of hydrogen-bond donors (Lipinski definition) is 1. The number of amides is 1. The highest BCUT2D eigenvalue weighted by molar-refractivity contribution is 5.80. The van der Waals surface area contributed by atoms with Gasteiger partial charge in [0.2, 0.25) is 5.91 Å². The van der Waals surface area contributed by atoms with Crippen LogP contribution in [0.5, 0.6) is 5.75 Å². The molecule has 2 saturated carbocycles. The average Bonchev–Trinajstić information content (AvgIpc) is 3.24. The van der Waals surface area contributed by atoms with E-state index < -0.39 is 0 Å². The fourth-order valence-corrected chi connectivity index (χ4v) is 5.37. The monoisotopic (exact) mass is 342 g/mol. The number of methoxy groups -OCH3 is 1. The summed E-state index contributed by atoms with van der Waals surface area (Å²) >= 11 is 0. The molecule has 0 radical (unpaired) electrons. The summed E-state index contributed by atoms with van der Waals surface area (Å²) in [5.41, 5.74) is 7.73. The van der Waals surface area contributed by atoms with Crippen molar-refractivity contribution in [3.8, 4) is 5.75 Å². The second-order valence-corrected chi connectivity index (χ2v) is 8.26. The summed E-state index contributed by atoms with van der Waals surface area (Å²) in [7, 11) is 1.70. The number of carbonyl (C=O) groups excluding carboxylic acids is 1. The van der Waals surface area contributed by atoms with Crippen LogP contribution < -0.4 is 10.5 Å². The second kappa shape index (κ2) is 6.99. The van der Waals surface area contributed by atoms with Crippen LogP contribution in [0.4, 0.5) is 0 Å². The zero-order chi connectivity index (χ0) is 17.4. The summed E-state index contributed by atoms with van der Waals surface area (Å²) in [6.45, 7) is 1.81. The number of carbonyl (C=O) groups is 1. The van der Waals surface area contributed by atoms with Crippen molar-refractivity contribution in [2.24, 2.45) is 29.4 Å². The van der Waals surface area contributed by atoms with E-state index in [1.807, 2.05) is 12.1 Å². The Labute approximate surface area is 150 Å². The maximum atomic E-state index is 13.0. The van der Waals surface area contributed by atoms with E-state index in [-0.39, 0.29) is 12.0 Å². The predicted octanol–water partition coefficient (Wildman–Crippen LogP) is 2.85. The zero-order valence-electron chi connectivity index (χ0n) is 15.2. The molecule has 2 aliphatic carbocycles. The largest absolute Gasteiger partial charge is 0.497 e. The minimum atomic E-state index is 0.108. The van der Waals surface area contributed by atoms with E-state index in [1.54, 1.807) is 7.11 Å². The molecule has 136 valence electrons. The van der Waals surface area contributed by atoms with Crippen LogP contribution in [0.1, 0.15) is 37.7 Å². The summed E-state index contributed by atoms with van der Waals surface area (Å²) in [5, 5.41) is 0. The van der Waals surface area contributed by atoms with Crippen LogP contribution in [0, 0.1) is 23.7 Å². The molecule has 0 aromatic heterocycles. The van der Waals surface area contributed by atoms with Crippen molar-refractivity contribution in [3.63, 3.8) is 0 Å². The van der Waals surface area contributed by atoms with Crippen molar-refractivity contribution >= 4 is 5.91 Å². The summed E-state index contributed by atoms with van der Waals surface area (Å²) < 4.78 is 5.22. The first-order valence-corrected chi connectivity index (χ1v) is 9.83. The Balaban J connectivity index is 1.30. The third-order valence-corrected chi connectivity index (χ3v) is 6.88. The number of rotatable bonds is 4. The lowest BCUT2D eigenvalue weighted by molar-refractivity contribution is -0.139. The third kappa shape index (κ3) is 3.29. The van der Waals surface area contributed by atoms with Gasteiger partial charge >= 0.3 is 0 Å². The molecule has 25 heavy (non-hydrogen) atoms. The highest BCUT2D eigenvalue weighted by atomic mass is 16.5. The number of benzene rings is 1. The summed E-state index contributed by atoms with van der Waals surface area (Å²) in [5.74, 6) is 3.20. The van der Waals surface area contributed by atoms with Gasteiger partial charge in [-0.1, -0.05) is 12.1 Å². The fourth-order valence-electron chi connectivity index (χ4n) is 5.37. The molecular formula is C21H30N2O2. The number of nitrogens with zero attached hydrogens (tertiary/aromatic N) is 1. The topological polar surface area (TPSA) is 55.6 Å². The van der Waals surface area contributed by atoms with Crippen LogP contribution in [0.2, 0.25) is 0 Å². The molecule has 4 nitrogen and oxygen atoms in total. The molecule has 1 aliphatic heterocycles. The fraction of sp³-hybridized carbons (Fsp3) is 0.667. The van der Waals surface area contributed by atoms with Crippen LogP contribution >= 0.6 is 0 Å². The van der Waals surface area contributed by atoms with Gasteiger partial charge in [0.05, 0.1) is 13.0 Å². The van der Waals surface area contributed by atoms with Crippen LogP contribution in [0.3, 0.4) is 0 Å². The lowest BCUT2D eigenvalue weighted by Gasteiger charge is -2.37. The lowest BCUT2D eigenvalue weighted by Crippen LogP contribution is -2.49. The van der Waals surface area contributed by atoms with E-state index >= 15 is 0 Å². The van der Waals surface area contributed by atoms with E-state index in [2.05, 4.69) is 17.0 Å². The van der Waals surface area contributed by atoms with Gasteiger partial charge in [-0.3, -0.25) is 4.79 Å². The molecule has 3 aliphatic rings. The molecule has 0 spiro atoms. The number of piperidine rings is 1. The molecule has 4 unspecified atom stereocenters. The molecule has 1 saturated heterocycles. The summed E-state index contributed by atoms with van der Waals surface area (Å²) in [4.78, 5) is 15.1. The van der Waals surface area contributed by atoms with Gasteiger partial charge in [-0.2, -0.15) is 0 Å². The Morgan fingerprint density at radius 3 is 2.40 bits per heavy atom. The van der Waals surface area contributed by atoms with Crippen molar-refractivity contribution in [1.82, 2.24) is 4.90 Å². The Kier molecular flexibility index (Phi) is 4.72. The molecule has 1 heterocycles. The molecule has 1 aromatic rings. The SMILES string of the molecule is COc1ccc(CC2CCN(C(=O)C3C4CCC(C4)C3N)CC2)cc1. The van der Waals surface area contributed by atoms with Crippen molar-refractivity contribution in [1.29, 1.82) is 0 Å². The van der Waals surface area contributed by atoms with Crippen molar-refractivity contribution in [3.05, 3.63) is 29.8 Å². The van der Waals surface area contributed by atoms with Gasteiger partial charge in [-0.15, -0.1) is 0 Å². The number of hydrogen-bond acceptors (Lipinski definition) is 3. The lowest BCUT2D eigenvalue weighted by atomic mass is 9.83. The van der Waals surface area contributed by atoms with Crippen LogP contribution in [0.15, 0.2) is 24.3 Å².